The van der Waals surface area contributed by atoms with Gasteiger partial charge in [0.25, 0.3) is 9.05 Å². The first-order chi connectivity index (χ1) is 7.03. The maximum Gasteiger partial charge on any atom is 0.345 e. The summed E-state index contributed by atoms with van der Waals surface area (Å²) in [6, 6.07) is 1.11. The van der Waals surface area contributed by atoms with Gasteiger partial charge < -0.3 is 5.11 Å². The van der Waals surface area contributed by atoms with Crippen LogP contribution in [0.15, 0.2) is 11.0 Å². The van der Waals surface area contributed by atoms with E-state index in [1.54, 1.807) is 20.8 Å². The molecule has 1 heterocycles. The molecule has 0 bridgehead atoms. The summed E-state index contributed by atoms with van der Waals surface area (Å²) in [5.74, 6) is -1.15. The average Bonchev–Trinajstić information content (AvgIpc) is 2.44. The SMILES string of the molecule is CC(C)(C)c1sc(C(=O)O)cc1S(=O)(=O)Cl. The predicted octanol–water partition coefficient (Wildman–Crippen LogP) is 2.67. The van der Waals surface area contributed by atoms with E-state index < -0.39 is 20.4 Å². The van der Waals surface area contributed by atoms with Crippen LogP contribution in [-0.4, -0.2) is 19.5 Å². The number of carboxylic acids is 1. The van der Waals surface area contributed by atoms with Crippen molar-refractivity contribution in [3.63, 3.8) is 0 Å². The van der Waals surface area contributed by atoms with Crippen LogP contribution in [0.1, 0.15) is 35.3 Å². The molecule has 7 heteroatoms. The molecule has 0 unspecified atom stereocenters. The number of rotatable bonds is 2. The Morgan fingerprint density at radius 3 is 2.19 bits per heavy atom. The second-order valence-corrected chi connectivity index (χ2v) is 7.88. The molecule has 0 amide bonds. The molecule has 0 aliphatic heterocycles. The molecular formula is C9H11ClO4S2. The van der Waals surface area contributed by atoms with E-state index in [-0.39, 0.29) is 9.77 Å². The Hall–Kier alpha value is -0.590. The summed E-state index contributed by atoms with van der Waals surface area (Å²) in [5.41, 5.74) is -0.463. The van der Waals surface area contributed by atoms with Gasteiger partial charge >= 0.3 is 5.97 Å². The molecule has 0 spiro atoms. The maximum atomic E-state index is 11.3. The summed E-state index contributed by atoms with van der Waals surface area (Å²) >= 11 is 0.938. The Kier molecular flexibility index (Phi) is 3.38. The number of carbonyl (C=O) groups is 1. The molecule has 0 fully saturated rings. The van der Waals surface area contributed by atoms with E-state index in [0.717, 1.165) is 17.4 Å². The molecule has 0 aliphatic rings. The third-order valence-electron chi connectivity index (χ3n) is 1.85. The highest BCUT2D eigenvalue weighted by Gasteiger charge is 2.29. The Labute approximate surface area is 102 Å². The minimum absolute atomic E-state index is 0.0239. The van der Waals surface area contributed by atoms with E-state index in [1.807, 2.05) is 0 Å². The van der Waals surface area contributed by atoms with Crippen LogP contribution < -0.4 is 0 Å². The van der Waals surface area contributed by atoms with Gasteiger partial charge in [-0.1, -0.05) is 20.8 Å². The molecule has 0 aromatic carbocycles. The summed E-state index contributed by atoms with van der Waals surface area (Å²) in [7, 11) is 1.36. The smallest absolute Gasteiger partial charge is 0.345 e. The fraction of sp³-hybridized carbons (Fsp3) is 0.444. The molecule has 1 aromatic rings. The molecule has 0 aliphatic carbocycles. The molecule has 1 N–H and O–H groups in total. The lowest BCUT2D eigenvalue weighted by molar-refractivity contribution is 0.0702. The van der Waals surface area contributed by atoms with Crippen LogP contribution in [-0.2, 0) is 14.5 Å². The third-order valence-corrected chi connectivity index (χ3v) is 4.88. The van der Waals surface area contributed by atoms with E-state index in [2.05, 4.69) is 0 Å². The van der Waals surface area contributed by atoms with E-state index in [9.17, 15) is 13.2 Å². The molecular weight excluding hydrogens is 272 g/mol. The second kappa shape index (κ2) is 4.01. The van der Waals surface area contributed by atoms with E-state index in [1.165, 1.54) is 0 Å². The second-order valence-electron chi connectivity index (χ2n) is 4.30. The predicted molar refractivity (Wildman–Crippen MR) is 63.0 cm³/mol. The van der Waals surface area contributed by atoms with Gasteiger partial charge in [-0.3, -0.25) is 0 Å². The van der Waals surface area contributed by atoms with E-state index in [4.69, 9.17) is 15.8 Å². The van der Waals surface area contributed by atoms with Crippen LogP contribution in [0, 0.1) is 0 Å². The van der Waals surface area contributed by atoms with Crippen LogP contribution in [0.5, 0.6) is 0 Å². The summed E-state index contributed by atoms with van der Waals surface area (Å²) < 4.78 is 22.6. The molecule has 1 rings (SSSR count). The van der Waals surface area contributed by atoms with Crippen molar-refractivity contribution in [1.29, 1.82) is 0 Å². The normalized spacial score (nSPS) is 12.8. The van der Waals surface area contributed by atoms with Gasteiger partial charge in [0.05, 0.1) is 4.90 Å². The lowest BCUT2D eigenvalue weighted by Crippen LogP contribution is -2.12. The van der Waals surface area contributed by atoms with Crippen molar-refractivity contribution in [1.82, 2.24) is 0 Å². The minimum atomic E-state index is -3.91. The Bertz CT molecular complexity index is 522. The first kappa shape index (κ1) is 13.5. The molecule has 0 atom stereocenters. The molecule has 4 nitrogen and oxygen atoms in total. The summed E-state index contributed by atoms with van der Waals surface area (Å²) in [6.07, 6.45) is 0. The van der Waals surface area contributed by atoms with Crippen LogP contribution >= 0.6 is 22.0 Å². The zero-order chi connectivity index (χ0) is 12.7. The Morgan fingerprint density at radius 1 is 1.44 bits per heavy atom. The number of hydrogen-bond acceptors (Lipinski definition) is 4. The van der Waals surface area contributed by atoms with Crippen LogP contribution in [0.3, 0.4) is 0 Å². The highest BCUT2D eigenvalue weighted by molar-refractivity contribution is 8.13. The van der Waals surface area contributed by atoms with Crippen molar-refractivity contribution in [3.05, 3.63) is 15.8 Å². The summed E-state index contributed by atoms with van der Waals surface area (Å²) in [4.78, 5) is 11.1. The van der Waals surface area contributed by atoms with Crippen LogP contribution in [0.4, 0.5) is 0 Å². The number of thiophene rings is 1. The van der Waals surface area contributed by atoms with Crippen molar-refractivity contribution in [2.24, 2.45) is 0 Å². The molecule has 16 heavy (non-hydrogen) atoms. The highest BCUT2D eigenvalue weighted by atomic mass is 35.7. The Balaban J connectivity index is 3.54. The van der Waals surface area contributed by atoms with Crippen LogP contribution in [0.25, 0.3) is 0 Å². The standard InChI is InChI=1S/C9H11ClO4S2/c1-9(2,3)7-6(16(10,13)14)4-5(15-7)8(11)12/h4H,1-3H3,(H,11,12). The monoisotopic (exact) mass is 282 g/mol. The quantitative estimate of drug-likeness (QED) is 0.847. The van der Waals surface area contributed by atoms with Crippen molar-refractivity contribution < 1.29 is 18.3 Å². The van der Waals surface area contributed by atoms with E-state index >= 15 is 0 Å². The molecule has 0 radical (unpaired) electrons. The molecule has 1 aromatic heterocycles. The third kappa shape index (κ3) is 2.75. The first-order valence-electron chi connectivity index (χ1n) is 4.36. The Morgan fingerprint density at radius 2 is 1.94 bits per heavy atom. The molecule has 0 saturated heterocycles. The van der Waals surface area contributed by atoms with Gasteiger partial charge in [-0.15, -0.1) is 11.3 Å². The van der Waals surface area contributed by atoms with Gasteiger partial charge in [0.15, 0.2) is 0 Å². The molecule has 0 saturated carbocycles. The van der Waals surface area contributed by atoms with Crippen LogP contribution in [0.2, 0.25) is 0 Å². The average molecular weight is 283 g/mol. The van der Waals surface area contributed by atoms with Crippen molar-refractivity contribution >= 4 is 37.0 Å². The number of hydrogen-bond donors (Lipinski definition) is 1. The maximum absolute atomic E-state index is 11.3. The summed E-state index contributed by atoms with van der Waals surface area (Å²) in [6.45, 7) is 5.40. The van der Waals surface area contributed by atoms with Gasteiger partial charge in [-0.2, -0.15) is 0 Å². The zero-order valence-electron chi connectivity index (χ0n) is 8.94. The number of aromatic carboxylic acids is 1. The number of halogens is 1. The molecule has 90 valence electrons. The fourth-order valence-corrected chi connectivity index (χ4v) is 3.95. The highest BCUT2D eigenvalue weighted by Crippen LogP contribution is 2.37. The fourth-order valence-electron chi connectivity index (χ4n) is 1.18. The largest absolute Gasteiger partial charge is 0.477 e. The minimum Gasteiger partial charge on any atom is -0.477 e. The van der Waals surface area contributed by atoms with Gasteiger partial charge in [0, 0.05) is 15.6 Å². The van der Waals surface area contributed by atoms with Gasteiger partial charge in [-0.25, -0.2) is 13.2 Å². The van der Waals surface area contributed by atoms with Gasteiger partial charge in [0.1, 0.15) is 4.88 Å². The summed E-state index contributed by atoms with van der Waals surface area (Å²) in [5, 5.41) is 8.83. The van der Waals surface area contributed by atoms with Crippen molar-refractivity contribution in [2.75, 3.05) is 0 Å². The van der Waals surface area contributed by atoms with Gasteiger partial charge in [-0.05, 0) is 11.5 Å². The lowest BCUT2D eigenvalue weighted by atomic mass is 9.95. The van der Waals surface area contributed by atoms with Gasteiger partial charge in [0.2, 0.25) is 0 Å². The topological polar surface area (TPSA) is 71.4 Å². The van der Waals surface area contributed by atoms with E-state index in [0.29, 0.717) is 4.88 Å². The zero-order valence-corrected chi connectivity index (χ0v) is 11.3. The van der Waals surface area contributed by atoms with Crippen molar-refractivity contribution in [3.8, 4) is 0 Å². The van der Waals surface area contributed by atoms with Crippen molar-refractivity contribution in [2.45, 2.75) is 31.1 Å². The first-order valence-corrected chi connectivity index (χ1v) is 7.48. The number of carboxylic acid groups (broad SMARTS) is 1. The lowest BCUT2D eigenvalue weighted by Gasteiger charge is -2.17.